The number of hydrogen-bond donors (Lipinski definition) is 2. The van der Waals surface area contributed by atoms with E-state index >= 15 is 0 Å². The maximum atomic E-state index is 9.81. The first kappa shape index (κ1) is 31.6. The molecule has 0 radical (unpaired) electrons. The standard InChI is InChI=1S/C15H17Br2IN4.C14H14Br3N3O/c1-8-7-21(6-4-19-8)15-20-13-12(18)11(17)10(16)9-3-2-5-22(15)14(9)13;15-9-8-2-1-4-20-13(8)12(11(17)10(9)16)18-14(20)19-5-3-7(21)6-19/h8,19H,2-7H2,1H3;7,21H,1-6H2/t8-;7-/m11/s1. The fraction of sp³-hybridized carbons (Fsp3) is 0.517. The predicted molar refractivity (Wildman–Crippen MR) is 200 cm³/mol. The molecule has 0 amide bonds. The Kier molecular flexibility index (Phi) is 9.24. The highest BCUT2D eigenvalue weighted by molar-refractivity contribution is 14.1. The van der Waals surface area contributed by atoms with Gasteiger partial charge in [0.25, 0.3) is 0 Å². The number of aromatic nitrogens is 4. The van der Waals surface area contributed by atoms with Crippen LogP contribution < -0.4 is 15.1 Å². The Labute approximate surface area is 306 Å². The van der Waals surface area contributed by atoms with E-state index in [9.17, 15) is 5.11 Å². The van der Waals surface area contributed by atoms with Crippen molar-refractivity contribution in [1.29, 1.82) is 0 Å². The van der Waals surface area contributed by atoms with Gasteiger partial charge in [-0.1, -0.05) is 0 Å². The van der Waals surface area contributed by atoms with Gasteiger partial charge in [0.05, 0.1) is 25.2 Å². The quantitative estimate of drug-likeness (QED) is 0.158. The van der Waals surface area contributed by atoms with Gasteiger partial charge in [0.15, 0.2) is 0 Å². The predicted octanol–water partition coefficient (Wildman–Crippen LogP) is 7.75. The Morgan fingerprint density at radius 2 is 1.33 bits per heavy atom. The summed E-state index contributed by atoms with van der Waals surface area (Å²) in [5.74, 6) is 2.14. The van der Waals surface area contributed by atoms with Crippen molar-refractivity contribution in [1.82, 2.24) is 24.4 Å². The summed E-state index contributed by atoms with van der Waals surface area (Å²) < 4.78 is 11.4. The number of β-amino-alcohol motifs (C(OH)–C–C–N with tert-alkyl or cyclic N) is 1. The lowest BCUT2D eigenvalue weighted by atomic mass is 10.0. The molecule has 2 atom stereocenters. The molecular formula is C29H31Br5IN7O. The third kappa shape index (κ3) is 5.46. The van der Waals surface area contributed by atoms with Gasteiger partial charge in [0, 0.05) is 69.7 Å². The number of halogens is 6. The minimum Gasteiger partial charge on any atom is -0.391 e. The maximum absolute atomic E-state index is 9.81. The lowest BCUT2D eigenvalue weighted by molar-refractivity contribution is 0.198. The fourth-order valence-electron chi connectivity index (χ4n) is 6.90. The molecule has 0 aliphatic carbocycles. The number of hydrogen-bond acceptors (Lipinski definition) is 6. The minimum atomic E-state index is -0.234. The number of benzene rings is 2. The molecule has 8 rings (SSSR count). The van der Waals surface area contributed by atoms with E-state index in [1.54, 1.807) is 0 Å². The van der Waals surface area contributed by atoms with Gasteiger partial charge in [-0.25, -0.2) is 9.97 Å². The highest BCUT2D eigenvalue weighted by Gasteiger charge is 2.31. The molecule has 0 bridgehead atoms. The molecule has 0 saturated carbocycles. The summed E-state index contributed by atoms with van der Waals surface area (Å²) in [6.45, 7) is 8.94. The average Bonchev–Trinajstić information content (AvgIpc) is 3.73. The van der Waals surface area contributed by atoms with Crippen LogP contribution in [0, 0.1) is 3.57 Å². The van der Waals surface area contributed by atoms with Gasteiger partial charge in [0.2, 0.25) is 11.9 Å². The Bertz CT molecular complexity index is 1760. The van der Waals surface area contributed by atoms with E-state index in [0.717, 1.165) is 106 Å². The van der Waals surface area contributed by atoms with Crippen molar-refractivity contribution >= 4 is 136 Å². The topological polar surface area (TPSA) is 74.4 Å². The molecule has 14 heteroatoms. The molecule has 4 aliphatic rings. The normalized spacial score (nSPS) is 21.6. The molecule has 2 saturated heterocycles. The Hall–Kier alpha value is 0.0300. The Balaban J connectivity index is 0.000000140. The van der Waals surface area contributed by atoms with Crippen molar-refractivity contribution in [2.75, 3.05) is 42.5 Å². The molecule has 0 spiro atoms. The van der Waals surface area contributed by atoms with E-state index in [4.69, 9.17) is 9.97 Å². The van der Waals surface area contributed by atoms with E-state index in [0.29, 0.717) is 12.6 Å². The van der Waals surface area contributed by atoms with Crippen LogP contribution in [-0.4, -0.2) is 69.1 Å². The highest BCUT2D eigenvalue weighted by atomic mass is 127. The first-order valence-electron chi connectivity index (χ1n) is 14.7. The number of aliphatic hydroxyl groups excluding tert-OH is 1. The largest absolute Gasteiger partial charge is 0.391 e. The molecule has 2 N–H and O–H groups in total. The molecular weight excluding hydrogens is 989 g/mol. The zero-order valence-corrected chi connectivity index (χ0v) is 33.6. The zero-order chi connectivity index (χ0) is 30.2. The van der Waals surface area contributed by atoms with Crippen LogP contribution in [0.4, 0.5) is 11.9 Å². The van der Waals surface area contributed by atoms with Gasteiger partial charge in [0.1, 0.15) is 11.0 Å². The fourth-order valence-corrected chi connectivity index (χ4v) is 10.7. The van der Waals surface area contributed by atoms with Crippen molar-refractivity contribution in [2.24, 2.45) is 0 Å². The zero-order valence-electron chi connectivity index (χ0n) is 23.5. The monoisotopic (exact) mass is 1010 g/mol. The molecule has 2 fully saturated rings. The van der Waals surface area contributed by atoms with E-state index < -0.39 is 0 Å². The van der Waals surface area contributed by atoms with Gasteiger partial charge >= 0.3 is 0 Å². The molecule has 0 unspecified atom stereocenters. The van der Waals surface area contributed by atoms with Gasteiger partial charge in [-0.3, -0.25) is 0 Å². The second-order valence-electron chi connectivity index (χ2n) is 11.8. The molecule has 4 aromatic rings. The van der Waals surface area contributed by atoms with Crippen LogP contribution in [-0.2, 0) is 25.9 Å². The van der Waals surface area contributed by atoms with Gasteiger partial charge in [-0.15, -0.1) is 0 Å². The highest BCUT2D eigenvalue weighted by Crippen LogP contribution is 2.45. The lowest BCUT2D eigenvalue weighted by Crippen LogP contribution is -2.50. The van der Waals surface area contributed by atoms with Crippen LogP contribution >= 0.6 is 102 Å². The number of nitrogens with one attached hydrogen (secondary N) is 1. The van der Waals surface area contributed by atoms with Crippen molar-refractivity contribution in [2.45, 2.75) is 64.3 Å². The SMILES string of the molecule is C[C@@H]1CN(c2nc3c(I)c(Br)c(Br)c4c3n2CCC4)CCN1.O[C@@H]1CCN(c2nc3c(Br)c(Br)c(Br)c4c3n2CCC4)C1. The van der Waals surface area contributed by atoms with Crippen molar-refractivity contribution in [3.05, 3.63) is 37.1 Å². The van der Waals surface area contributed by atoms with Crippen LogP contribution in [0.2, 0.25) is 0 Å². The van der Waals surface area contributed by atoms with Crippen molar-refractivity contribution in [3.8, 4) is 0 Å². The Morgan fingerprint density at radius 3 is 1.93 bits per heavy atom. The summed E-state index contributed by atoms with van der Waals surface area (Å²) >= 11 is 20.9. The molecule has 2 aromatic heterocycles. The Morgan fingerprint density at radius 1 is 0.744 bits per heavy atom. The first-order chi connectivity index (χ1) is 20.7. The van der Waals surface area contributed by atoms with Crippen LogP contribution in [0.3, 0.4) is 0 Å². The van der Waals surface area contributed by atoms with Crippen LogP contribution in [0.15, 0.2) is 22.4 Å². The van der Waals surface area contributed by atoms with Crippen LogP contribution in [0.25, 0.3) is 22.1 Å². The molecule has 43 heavy (non-hydrogen) atoms. The molecule has 2 aromatic carbocycles. The smallest absolute Gasteiger partial charge is 0.206 e. The summed E-state index contributed by atoms with van der Waals surface area (Å²) in [6.07, 6.45) is 5.08. The number of piperazine rings is 1. The second kappa shape index (κ2) is 12.6. The van der Waals surface area contributed by atoms with E-state index in [-0.39, 0.29) is 6.10 Å². The third-order valence-electron chi connectivity index (χ3n) is 8.90. The number of aliphatic hydroxyl groups is 1. The second-order valence-corrected chi connectivity index (χ2v) is 16.8. The van der Waals surface area contributed by atoms with Crippen LogP contribution in [0.5, 0.6) is 0 Å². The summed E-state index contributed by atoms with van der Waals surface area (Å²) in [5.41, 5.74) is 7.43. The van der Waals surface area contributed by atoms with E-state index in [1.807, 2.05) is 0 Å². The number of aryl methyl sites for hydroxylation is 4. The van der Waals surface area contributed by atoms with Gasteiger partial charge in [-0.2, -0.15) is 0 Å². The number of anilines is 2. The average molecular weight is 1020 g/mol. The van der Waals surface area contributed by atoms with E-state index in [1.165, 1.54) is 36.6 Å². The van der Waals surface area contributed by atoms with Gasteiger partial charge in [-0.05, 0) is 152 Å². The summed E-state index contributed by atoms with van der Waals surface area (Å²) in [7, 11) is 0. The minimum absolute atomic E-state index is 0.234. The number of imidazole rings is 2. The third-order valence-corrected chi connectivity index (χ3v) is 16.4. The summed E-state index contributed by atoms with van der Waals surface area (Å²) in [5, 5.41) is 13.3. The van der Waals surface area contributed by atoms with E-state index in [2.05, 4.69) is 133 Å². The summed E-state index contributed by atoms with van der Waals surface area (Å²) in [6, 6.07) is 0.516. The van der Waals surface area contributed by atoms with Crippen LogP contribution in [0.1, 0.15) is 37.3 Å². The van der Waals surface area contributed by atoms with Crippen molar-refractivity contribution < 1.29 is 5.11 Å². The maximum Gasteiger partial charge on any atom is 0.206 e. The first-order valence-corrected chi connectivity index (χ1v) is 19.7. The van der Waals surface area contributed by atoms with Gasteiger partial charge < -0.3 is 29.4 Å². The lowest BCUT2D eigenvalue weighted by Gasteiger charge is -2.33. The molecule has 8 nitrogen and oxygen atoms in total. The molecule has 6 heterocycles. The number of rotatable bonds is 2. The number of nitrogens with zero attached hydrogens (tertiary/aromatic N) is 6. The molecule has 4 aliphatic heterocycles. The summed E-state index contributed by atoms with van der Waals surface area (Å²) in [4.78, 5) is 14.6. The molecule has 230 valence electrons. The van der Waals surface area contributed by atoms with Crippen molar-refractivity contribution in [3.63, 3.8) is 0 Å².